The zero-order valence-corrected chi connectivity index (χ0v) is 10.4. The lowest BCUT2D eigenvalue weighted by Gasteiger charge is -2.14. The summed E-state index contributed by atoms with van der Waals surface area (Å²) in [6, 6.07) is 9.86. The smallest absolute Gasteiger partial charge is 0.330 e. The van der Waals surface area contributed by atoms with E-state index in [4.69, 9.17) is 0 Å². The lowest BCUT2D eigenvalue weighted by atomic mass is 10.1. The number of carboxylic acid groups (broad SMARTS) is 1. The summed E-state index contributed by atoms with van der Waals surface area (Å²) < 4.78 is 0. The Morgan fingerprint density at radius 3 is 2.40 bits per heavy atom. The van der Waals surface area contributed by atoms with Crippen LogP contribution in [0, 0.1) is 0 Å². The van der Waals surface area contributed by atoms with Crippen LogP contribution in [0.5, 0.6) is 5.75 Å². The highest BCUT2D eigenvalue weighted by atomic mass is 16.4. The number of aliphatic carboxylic acids is 1. The maximum atomic E-state index is 12.0. The van der Waals surface area contributed by atoms with Gasteiger partial charge in [-0.25, -0.2) is 9.78 Å². The highest BCUT2D eigenvalue weighted by molar-refractivity contribution is 5.97. The number of carbonyl (C=O) groups is 2. The molecule has 1 aromatic carbocycles. The highest BCUT2D eigenvalue weighted by Gasteiger charge is 2.24. The Morgan fingerprint density at radius 2 is 1.80 bits per heavy atom. The molecule has 0 saturated heterocycles. The minimum absolute atomic E-state index is 0.213. The molecule has 6 nitrogen and oxygen atoms in total. The molecule has 1 heterocycles. The minimum Gasteiger partial charge on any atom is -0.505 e. The van der Waals surface area contributed by atoms with Gasteiger partial charge in [0.05, 0.1) is 0 Å². The van der Waals surface area contributed by atoms with Crippen LogP contribution >= 0.6 is 0 Å². The maximum Gasteiger partial charge on any atom is 0.330 e. The molecule has 1 amide bonds. The first-order valence-electron chi connectivity index (χ1n) is 5.82. The number of amides is 1. The molecule has 0 unspecified atom stereocenters. The van der Waals surface area contributed by atoms with E-state index in [1.165, 1.54) is 18.3 Å². The van der Waals surface area contributed by atoms with Crippen LogP contribution in [-0.2, 0) is 4.79 Å². The van der Waals surface area contributed by atoms with Gasteiger partial charge in [-0.3, -0.25) is 4.79 Å². The van der Waals surface area contributed by atoms with E-state index in [2.05, 4.69) is 10.3 Å². The number of aromatic hydroxyl groups is 1. The summed E-state index contributed by atoms with van der Waals surface area (Å²) in [5.41, 5.74) is 0.221. The highest BCUT2D eigenvalue weighted by Crippen LogP contribution is 2.16. The van der Waals surface area contributed by atoms with Gasteiger partial charge >= 0.3 is 5.97 Å². The number of hydrogen-bond acceptors (Lipinski definition) is 4. The second kappa shape index (κ2) is 5.83. The van der Waals surface area contributed by atoms with Crippen molar-refractivity contribution in [2.75, 3.05) is 0 Å². The summed E-state index contributed by atoms with van der Waals surface area (Å²) in [6.07, 6.45) is 1.34. The Bertz CT molecular complexity index is 628. The molecule has 20 heavy (non-hydrogen) atoms. The SMILES string of the molecule is O=C(N[C@@H](C(=O)O)c1ccccc1)c1ncccc1O. The van der Waals surface area contributed by atoms with Crippen LogP contribution in [0.1, 0.15) is 22.1 Å². The third kappa shape index (κ3) is 2.92. The lowest BCUT2D eigenvalue weighted by molar-refractivity contribution is -0.139. The van der Waals surface area contributed by atoms with Crippen LogP contribution < -0.4 is 5.32 Å². The second-order valence-corrected chi connectivity index (χ2v) is 4.03. The van der Waals surface area contributed by atoms with Crippen molar-refractivity contribution in [2.24, 2.45) is 0 Å². The molecule has 0 bridgehead atoms. The van der Waals surface area contributed by atoms with Crippen molar-refractivity contribution in [3.8, 4) is 5.75 Å². The second-order valence-electron chi connectivity index (χ2n) is 4.03. The molecule has 0 aliphatic heterocycles. The Hall–Kier alpha value is -2.89. The molecule has 0 spiro atoms. The molecule has 6 heteroatoms. The zero-order chi connectivity index (χ0) is 14.5. The molecule has 0 radical (unpaired) electrons. The van der Waals surface area contributed by atoms with Crippen molar-refractivity contribution in [1.82, 2.24) is 10.3 Å². The van der Waals surface area contributed by atoms with Gasteiger partial charge in [-0.15, -0.1) is 0 Å². The van der Waals surface area contributed by atoms with Crippen molar-refractivity contribution in [1.29, 1.82) is 0 Å². The maximum absolute atomic E-state index is 12.0. The van der Waals surface area contributed by atoms with Crippen LogP contribution in [0.2, 0.25) is 0 Å². The fourth-order valence-corrected chi connectivity index (χ4v) is 1.70. The molecule has 2 aromatic rings. The van der Waals surface area contributed by atoms with Gasteiger partial charge in [0.1, 0.15) is 5.75 Å². The van der Waals surface area contributed by atoms with Crippen LogP contribution in [0.3, 0.4) is 0 Å². The van der Waals surface area contributed by atoms with Crippen LogP contribution in [0.4, 0.5) is 0 Å². The fraction of sp³-hybridized carbons (Fsp3) is 0.0714. The number of aromatic nitrogens is 1. The van der Waals surface area contributed by atoms with E-state index in [1.807, 2.05) is 0 Å². The molecular weight excluding hydrogens is 260 g/mol. The van der Waals surface area contributed by atoms with Gasteiger partial charge in [-0.1, -0.05) is 30.3 Å². The molecule has 102 valence electrons. The standard InChI is InChI=1S/C14H12N2O4/c17-10-7-4-8-15-12(10)13(18)16-11(14(19)20)9-5-2-1-3-6-9/h1-8,11,17H,(H,16,18)(H,19,20)/t11-/m1/s1. The lowest BCUT2D eigenvalue weighted by Crippen LogP contribution is -2.34. The zero-order valence-electron chi connectivity index (χ0n) is 10.4. The molecule has 3 N–H and O–H groups in total. The first kappa shape index (κ1) is 13.5. The summed E-state index contributed by atoms with van der Waals surface area (Å²) >= 11 is 0. The normalized spacial score (nSPS) is 11.6. The van der Waals surface area contributed by atoms with Crippen molar-refractivity contribution in [2.45, 2.75) is 6.04 Å². The molecular formula is C14H12N2O4. The van der Waals surface area contributed by atoms with Crippen LogP contribution in [-0.4, -0.2) is 27.1 Å². The summed E-state index contributed by atoms with van der Waals surface area (Å²) in [5, 5.41) is 21.1. The van der Waals surface area contributed by atoms with Gasteiger partial charge < -0.3 is 15.5 Å². The molecule has 0 saturated carbocycles. The summed E-state index contributed by atoms with van der Waals surface area (Å²) in [5.74, 6) is -2.25. The van der Waals surface area contributed by atoms with Gasteiger partial charge in [0.15, 0.2) is 11.7 Å². The largest absolute Gasteiger partial charge is 0.505 e. The van der Waals surface area contributed by atoms with Gasteiger partial charge in [0.2, 0.25) is 0 Å². The number of nitrogens with zero attached hydrogens (tertiary/aromatic N) is 1. The number of benzene rings is 1. The predicted molar refractivity (Wildman–Crippen MR) is 70.2 cm³/mol. The fourth-order valence-electron chi connectivity index (χ4n) is 1.70. The van der Waals surface area contributed by atoms with E-state index < -0.39 is 17.9 Å². The van der Waals surface area contributed by atoms with E-state index in [9.17, 15) is 19.8 Å². The summed E-state index contributed by atoms with van der Waals surface area (Å²) in [4.78, 5) is 26.9. The number of hydrogen-bond donors (Lipinski definition) is 3. The Kier molecular flexibility index (Phi) is 3.95. The Morgan fingerprint density at radius 1 is 1.10 bits per heavy atom. The summed E-state index contributed by atoms with van der Waals surface area (Å²) in [6.45, 7) is 0. The molecule has 0 aliphatic carbocycles. The van der Waals surface area contributed by atoms with Gasteiger partial charge in [-0.2, -0.15) is 0 Å². The molecule has 0 aliphatic rings. The van der Waals surface area contributed by atoms with Crippen molar-refractivity contribution in [3.05, 3.63) is 59.9 Å². The third-order valence-corrected chi connectivity index (χ3v) is 2.66. The molecule has 2 rings (SSSR count). The molecule has 0 fully saturated rings. The number of carbonyl (C=O) groups excluding carboxylic acids is 1. The minimum atomic E-state index is -1.20. The van der Waals surface area contributed by atoms with E-state index in [1.54, 1.807) is 30.3 Å². The average molecular weight is 272 g/mol. The quantitative estimate of drug-likeness (QED) is 0.780. The number of rotatable bonds is 4. The van der Waals surface area contributed by atoms with E-state index >= 15 is 0 Å². The first-order valence-corrected chi connectivity index (χ1v) is 5.82. The first-order chi connectivity index (χ1) is 9.59. The van der Waals surface area contributed by atoms with Crippen molar-refractivity contribution >= 4 is 11.9 Å². The number of carboxylic acids is 1. The Balaban J connectivity index is 2.24. The summed E-state index contributed by atoms with van der Waals surface area (Å²) in [7, 11) is 0. The molecule has 1 aromatic heterocycles. The van der Waals surface area contributed by atoms with Gasteiger partial charge in [-0.05, 0) is 17.7 Å². The van der Waals surface area contributed by atoms with E-state index in [-0.39, 0.29) is 11.4 Å². The van der Waals surface area contributed by atoms with Crippen molar-refractivity contribution < 1.29 is 19.8 Å². The van der Waals surface area contributed by atoms with E-state index in [0.29, 0.717) is 5.56 Å². The monoisotopic (exact) mass is 272 g/mol. The van der Waals surface area contributed by atoms with E-state index in [0.717, 1.165) is 0 Å². The molecule has 1 atom stereocenters. The van der Waals surface area contributed by atoms with Crippen LogP contribution in [0.25, 0.3) is 0 Å². The average Bonchev–Trinajstić information content (AvgIpc) is 2.45. The van der Waals surface area contributed by atoms with Crippen molar-refractivity contribution in [3.63, 3.8) is 0 Å². The van der Waals surface area contributed by atoms with Gasteiger partial charge in [0.25, 0.3) is 5.91 Å². The Labute approximate surface area is 114 Å². The number of pyridine rings is 1. The van der Waals surface area contributed by atoms with Crippen LogP contribution in [0.15, 0.2) is 48.7 Å². The number of nitrogens with one attached hydrogen (secondary N) is 1. The topological polar surface area (TPSA) is 99.5 Å². The third-order valence-electron chi connectivity index (χ3n) is 2.66. The predicted octanol–water partition coefficient (Wildman–Crippen LogP) is 1.34. The van der Waals surface area contributed by atoms with Gasteiger partial charge in [0, 0.05) is 6.20 Å².